The molecule has 2 aromatic carbocycles. The van der Waals surface area contributed by atoms with Gasteiger partial charge >= 0.3 is 0 Å². The van der Waals surface area contributed by atoms with Crippen LogP contribution in [0.15, 0.2) is 42.5 Å². The Morgan fingerprint density at radius 1 is 1.00 bits per heavy atom. The first-order valence-electron chi connectivity index (χ1n) is 6.12. The lowest BCUT2D eigenvalue weighted by Crippen LogP contribution is -2.16. The van der Waals surface area contributed by atoms with Crippen LogP contribution in [-0.2, 0) is 13.0 Å². The quantitative estimate of drug-likeness (QED) is 0.581. The van der Waals surface area contributed by atoms with E-state index in [0.717, 1.165) is 18.0 Å². The van der Waals surface area contributed by atoms with Crippen molar-refractivity contribution in [3.05, 3.63) is 58.6 Å². The van der Waals surface area contributed by atoms with Gasteiger partial charge in [-0.15, -0.1) is 0 Å². The largest absolute Gasteiger partial charge is 0.504 e. The normalized spacial score (nSPS) is 10.6. The minimum atomic E-state index is -0.0861. The summed E-state index contributed by atoms with van der Waals surface area (Å²) in [5.74, 6) is -0.140. The van der Waals surface area contributed by atoms with Gasteiger partial charge in [-0.3, -0.25) is 0 Å². The molecule has 3 nitrogen and oxygen atoms in total. The van der Waals surface area contributed by atoms with E-state index in [1.165, 1.54) is 11.6 Å². The SMILES string of the molecule is Oc1cccc(CNCCc2ccc(Cl)cc2)c1O. The minimum absolute atomic E-state index is 0.0542. The van der Waals surface area contributed by atoms with Gasteiger partial charge < -0.3 is 15.5 Å². The molecule has 19 heavy (non-hydrogen) atoms. The number of benzene rings is 2. The monoisotopic (exact) mass is 277 g/mol. The van der Waals surface area contributed by atoms with E-state index in [1.807, 2.05) is 24.3 Å². The van der Waals surface area contributed by atoms with Gasteiger partial charge in [0.2, 0.25) is 0 Å². The predicted octanol–water partition coefficient (Wildman–Crippen LogP) is 3.08. The first kappa shape index (κ1) is 13.7. The molecule has 0 saturated carbocycles. The van der Waals surface area contributed by atoms with Gasteiger partial charge in [-0.25, -0.2) is 0 Å². The summed E-state index contributed by atoms with van der Waals surface area (Å²) >= 11 is 5.82. The van der Waals surface area contributed by atoms with E-state index in [4.69, 9.17) is 11.6 Å². The lowest BCUT2D eigenvalue weighted by atomic mass is 10.1. The number of nitrogens with one attached hydrogen (secondary N) is 1. The van der Waals surface area contributed by atoms with Gasteiger partial charge in [0.25, 0.3) is 0 Å². The molecule has 0 atom stereocenters. The van der Waals surface area contributed by atoms with E-state index >= 15 is 0 Å². The van der Waals surface area contributed by atoms with Crippen molar-refractivity contribution < 1.29 is 10.2 Å². The van der Waals surface area contributed by atoms with Gasteiger partial charge in [-0.2, -0.15) is 0 Å². The van der Waals surface area contributed by atoms with E-state index in [-0.39, 0.29) is 11.5 Å². The van der Waals surface area contributed by atoms with Crippen LogP contribution < -0.4 is 5.32 Å². The Hall–Kier alpha value is -1.71. The Morgan fingerprint density at radius 2 is 1.74 bits per heavy atom. The van der Waals surface area contributed by atoms with Crippen molar-refractivity contribution in [1.82, 2.24) is 5.32 Å². The highest BCUT2D eigenvalue weighted by Gasteiger charge is 2.04. The second-order valence-electron chi connectivity index (χ2n) is 4.34. The number of rotatable bonds is 5. The van der Waals surface area contributed by atoms with Gasteiger partial charge in [-0.05, 0) is 36.7 Å². The molecule has 0 bridgehead atoms. The smallest absolute Gasteiger partial charge is 0.161 e. The molecule has 0 unspecified atom stereocenters. The predicted molar refractivity (Wildman–Crippen MR) is 76.6 cm³/mol. The number of hydrogen-bond acceptors (Lipinski definition) is 3. The molecule has 3 N–H and O–H groups in total. The van der Waals surface area contributed by atoms with Crippen molar-refractivity contribution in [2.75, 3.05) is 6.54 Å². The highest BCUT2D eigenvalue weighted by molar-refractivity contribution is 6.30. The molecule has 0 radical (unpaired) electrons. The third kappa shape index (κ3) is 3.88. The summed E-state index contributed by atoms with van der Waals surface area (Å²) in [4.78, 5) is 0. The van der Waals surface area contributed by atoms with Crippen LogP contribution in [0.4, 0.5) is 0 Å². The van der Waals surface area contributed by atoms with Gasteiger partial charge in [0.15, 0.2) is 11.5 Å². The molecule has 0 aliphatic carbocycles. The van der Waals surface area contributed by atoms with E-state index in [9.17, 15) is 10.2 Å². The summed E-state index contributed by atoms with van der Waals surface area (Å²) in [6.07, 6.45) is 0.886. The third-order valence-electron chi connectivity index (χ3n) is 2.92. The molecule has 0 amide bonds. The Balaban J connectivity index is 1.81. The van der Waals surface area contributed by atoms with Crippen molar-refractivity contribution >= 4 is 11.6 Å². The maximum absolute atomic E-state index is 9.64. The molecule has 0 aromatic heterocycles. The zero-order valence-electron chi connectivity index (χ0n) is 10.4. The van der Waals surface area contributed by atoms with Crippen molar-refractivity contribution in [3.8, 4) is 11.5 Å². The van der Waals surface area contributed by atoms with Crippen molar-refractivity contribution in [3.63, 3.8) is 0 Å². The van der Waals surface area contributed by atoms with Crippen LogP contribution in [0.25, 0.3) is 0 Å². The number of halogens is 1. The summed E-state index contributed by atoms with van der Waals surface area (Å²) in [5, 5.41) is 23.0. The molecule has 0 fully saturated rings. The van der Waals surface area contributed by atoms with Crippen molar-refractivity contribution in [2.45, 2.75) is 13.0 Å². The molecule has 0 saturated heterocycles. The van der Waals surface area contributed by atoms with Gasteiger partial charge in [0, 0.05) is 17.1 Å². The molecule has 0 spiro atoms. The molecule has 2 aromatic rings. The second-order valence-corrected chi connectivity index (χ2v) is 4.77. The first-order chi connectivity index (χ1) is 9.16. The van der Waals surface area contributed by atoms with Gasteiger partial charge in [-0.1, -0.05) is 35.9 Å². The van der Waals surface area contributed by atoms with Gasteiger partial charge in [0.1, 0.15) is 0 Å². The zero-order chi connectivity index (χ0) is 13.7. The van der Waals surface area contributed by atoms with E-state index < -0.39 is 0 Å². The average Bonchev–Trinajstić information content (AvgIpc) is 2.41. The van der Waals surface area contributed by atoms with E-state index in [2.05, 4.69) is 5.32 Å². The highest BCUT2D eigenvalue weighted by Crippen LogP contribution is 2.27. The second kappa shape index (κ2) is 6.45. The van der Waals surface area contributed by atoms with Crippen LogP contribution in [0.1, 0.15) is 11.1 Å². The standard InChI is InChI=1S/C15H16ClNO2/c16-13-6-4-11(5-7-13)8-9-17-10-12-2-1-3-14(18)15(12)19/h1-7,17-19H,8-10H2. The number of para-hydroxylation sites is 1. The summed E-state index contributed by atoms with van der Waals surface area (Å²) in [7, 11) is 0. The zero-order valence-corrected chi connectivity index (χ0v) is 11.2. The van der Waals surface area contributed by atoms with Crippen LogP contribution in [0, 0.1) is 0 Å². The molecule has 100 valence electrons. The molecular formula is C15H16ClNO2. The molecule has 0 heterocycles. The number of hydrogen-bond donors (Lipinski definition) is 3. The Bertz CT molecular complexity index is 540. The number of aromatic hydroxyl groups is 2. The third-order valence-corrected chi connectivity index (χ3v) is 3.17. The molecule has 4 heteroatoms. The fourth-order valence-electron chi connectivity index (χ4n) is 1.83. The fraction of sp³-hybridized carbons (Fsp3) is 0.200. The summed E-state index contributed by atoms with van der Waals surface area (Å²) in [6, 6.07) is 12.7. The van der Waals surface area contributed by atoms with Crippen LogP contribution in [0.5, 0.6) is 11.5 Å². The van der Waals surface area contributed by atoms with Crippen molar-refractivity contribution in [2.24, 2.45) is 0 Å². The summed E-state index contributed by atoms with van der Waals surface area (Å²) < 4.78 is 0. The maximum atomic E-state index is 9.64. The molecule has 2 rings (SSSR count). The Kier molecular flexibility index (Phi) is 4.66. The molecule has 0 aliphatic rings. The minimum Gasteiger partial charge on any atom is -0.504 e. The van der Waals surface area contributed by atoms with E-state index in [0.29, 0.717) is 12.1 Å². The van der Waals surface area contributed by atoms with E-state index in [1.54, 1.807) is 12.1 Å². The Labute approximate surface area is 117 Å². The highest BCUT2D eigenvalue weighted by atomic mass is 35.5. The topological polar surface area (TPSA) is 52.5 Å². The first-order valence-corrected chi connectivity index (χ1v) is 6.49. The lowest BCUT2D eigenvalue weighted by Gasteiger charge is -2.08. The maximum Gasteiger partial charge on any atom is 0.161 e. The number of phenols is 2. The molecule has 0 aliphatic heterocycles. The average molecular weight is 278 g/mol. The van der Waals surface area contributed by atoms with Crippen LogP contribution in [0.2, 0.25) is 5.02 Å². The van der Waals surface area contributed by atoms with Crippen LogP contribution >= 0.6 is 11.6 Å². The van der Waals surface area contributed by atoms with Crippen LogP contribution in [0.3, 0.4) is 0 Å². The number of phenolic OH excluding ortho intramolecular Hbond substituents is 2. The van der Waals surface area contributed by atoms with Crippen molar-refractivity contribution in [1.29, 1.82) is 0 Å². The van der Waals surface area contributed by atoms with Gasteiger partial charge in [0.05, 0.1) is 0 Å². The lowest BCUT2D eigenvalue weighted by molar-refractivity contribution is 0.398. The fourth-order valence-corrected chi connectivity index (χ4v) is 1.95. The summed E-state index contributed by atoms with van der Waals surface area (Å²) in [5.41, 5.74) is 1.90. The summed E-state index contributed by atoms with van der Waals surface area (Å²) in [6.45, 7) is 1.31. The molecular weight excluding hydrogens is 262 g/mol. The van der Waals surface area contributed by atoms with Crippen LogP contribution in [-0.4, -0.2) is 16.8 Å². The Morgan fingerprint density at radius 3 is 2.47 bits per heavy atom.